The molecule has 0 aromatic heterocycles. The molecule has 0 spiro atoms. The van der Waals surface area contributed by atoms with Crippen LogP contribution >= 0.6 is 0 Å². The van der Waals surface area contributed by atoms with Gasteiger partial charge in [0.15, 0.2) is 0 Å². The summed E-state index contributed by atoms with van der Waals surface area (Å²) in [4.78, 5) is 20.9. The fraction of sp³-hybridized carbons (Fsp3) is 0.714. The summed E-state index contributed by atoms with van der Waals surface area (Å²) in [5, 5.41) is 16.7. The number of hydrogen-bond acceptors (Lipinski definition) is 5. The summed E-state index contributed by atoms with van der Waals surface area (Å²) in [6.45, 7) is -0.431. The van der Waals surface area contributed by atoms with Crippen LogP contribution in [0.5, 0.6) is 0 Å². The Morgan fingerprint density at radius 2 is 2.08 bits per heavy atom. The van der Waals surface area contributed by atoms with Gasteiger partial charge in [-0.15, -0.1) is 0 Å². The second-order valence-electron chi connectivity index (χ2n) is 2.45. The van der Waals surface area contributed by atoms with Crippen molar-refractivity contribution >= 4 is 11.9 Å². The number of carboxylic acids is 1. The molecule has 13 heavy (non-hydrogen) atoms. The van der Waals surface area contributed by atoms with Crippen LogP contribution < -0.4 is 5.73 Å². The summed E-state index contributed by atoms with van der Waals surface area (Å²) in [5.74, 6) is -1.76. The van der Waals surface area contributed by atoms with E-state index in [0.29, 0.717) is 6.42 Å². The number of aliphatic carboxylic acids is 1. The predicted octanol–water partition coefficient (Wildman–Crippen LogP) is -1.29. The third-order valence-electron chi connectivity index (χ3n) is 1.28. The van der Waals surface area contributed by atoms with Crippen LogP contribution in [0.2, 0.25) is 0 Å². The van der Waals surface area contributed by atoms with Crippen molar-refractivity contribution in [2.75, 3.05) is 13.2 Å². The molecule has 0 heterocycles. The molecule has 6 heteroatoms. The van der Waals surface area contributed by atoms with Gasteiger partial charge in [0.25, 0.3) is 0 Å². The molecule has 0 amide bonds. The van der Waals surface area contributed by atoms with Crippen LogP contribution in [0.4, 0.5) is 0 Å². The van der Waals surface area contributed by atoms with Gasteiger partial charge >= 0.3 is 11.9 Å². The summed E-state index contributed by atoms with van der Waals surface area (Å²) in [6.07, 6.45) is 0.379. The summed E-state index contributed by atoms with van der Waals surface area (Å²) >= 11 is 0. The third-order valence-corrected chi connectivity index (χ3v) is 1.28. The fourth-order valence-corrected chi connectivity index (χ4v) is 0.550. The van der Waals surface area contributed by atoms with E-state index in [9.17, 15) is 9.59 Å². The Morgan fingerprint density at radius 3 is 2.54 bits per heavy atom. The second kappa shape index (κ2) is 6.38. The lowest BCUT2D eigenvalue weighted by atomic mass is 10.3. The van der Waals surface area contributed by atoms with Gasteiger partial charge in [-0.3, -0.25) is 9.59 Å². The van der Waals surface area contributed by atoms with E-state index in [2.05, 4.69) is 4.74 Å². The first-order valence-corrected chi connectivity index (χ1v) is 3.82. The summed E-state index contributed by atoms with van der Waals surface area (Å²) < 4.78 is 4.51. The number of carbonyl (C=O) groups is 2. The lowest BCUT2D eigenvalue weighted by Crippen LogP contribution is -2.35. The summed E-state index contributed by atoms with van der Waals surface area (Å²) in [5.41, 5.74) is 5.07. The van der Waals surface area contributed by atoms with Crippen LogP contribution in [-0.4, -0.2) is 41.4 Å². The van der Waals surface area contributed by atoms with Crippen LogP contribution in [-0.2, 0) is 14.3 Å². The smallest absolute Gasteiger partial charge is 0.324 e. The Kier molecular flexibility index (Phi) is 5.82. The predicted molar refractivity (Wildman–Crippen MR) is 42.9 cm³/mol. The molecule has 0 fully saturated rings. The Bertz CT molecular complexity index is 182. The Morgan fingerprint density at radius 1 is 1.46 bits per heavy atom. The van der Waals surface area contributed by atoms with Crippen LogP contribution in [0, 0.1) is 0 Å². The minimum absolute atomic E-state index is 0.0723. The molecule has 0 aliphatic carbocycles. The molecule has 4 N–H and O–H groups in total. The fourth-order valence-electron chi connectivity index (χ4n) is 0.550. The van der Waals surface area contributed by atoms with Gasteiger partial charge in [-0.2, -0.15) is 0 Å². The molecule has 0 aliphatic heterocycles. The zero-order chi connectivity index (χ0) is 10.3. The number of nitrogens with two attached hydrogens (primary N) is 1. The van der Waals surface area contributed by atoms with Gasteiger partial charge in [0.2, 0.25) is 0 Å². The van der Waals surface area contributed by atoms with E-state index in [1.807, 2.05) is 0 Å². The number of ether oxygens (including phenoxy) is 1. The van der Waals surface area contributed by atoms with Gasteiger partial charge in [-0.05, 0) is 6.42 Å². The monoisotopic (exact) mass is 191 g/mol. The van der Waals surface area contributed by atoms with Crippen molar-refractivity contribution in [2.45, 2.75) is 18.9 Å². The zero-order valence-electron chi connectivity index (χ0n) is 7.10. The number of carboxylic acid groups (broad SMARTS) is 1. The van der Waals surface area contributed by atoms with Crippen LogP contribution in [0.3, 0.4) is 0 Å². The molecule has 76 valence electrons. The first kappa shape index (κ1) is 11.9. The molecule has 1 atom stereocenters. The maximum Gasteiger partial charge on any atom is 0.324 e. The Balaban J connectivity index is 3.52. The number of rotatable bonds is 6. The Hall–Kier alpha value is -1.14. The average Bonchev–Trinajstić information content (AvgIpc) is 2.10. The van der Waals surface area contributed by atoms with Crippen LogP contribution in [0.25, 0.3) is 0 Å². The van der Waals surface area contributed by atoms with Crippen molar-refractivity contribution in [3.63, 3.8) is 0 Å². The topological polar surface area (TPSA) is 110 Å². The van der Waals surface area contributed by atoms with E-state index in [1.165, 1.54) is 0 Å². The van der Waals surface area contributed by atoms with Crippen molar-refractivity contribution in [3.8, 4) is 0 Å². The van der Waals surface area contributed by atoms with Crippen LogP contribution in [0.1, 0.15) is 12.8 Å². The van der Waals surface area contributed by atoms with Gasteiger partial charge in [0, 0.05) is 13.0 Å². The van der Waals surface area contributed by atoms with E-state index in [1.54, 1.807) is 0 Å². The molecule has 0 rings (SSSR count). The highest BCUT2D eigenvalue weighted by Crippen LogP contribution is 1.92. The van der Waals surface area contributed by atoms with Gasteiger partial charge in [-0.1, -0.05) is 0 Å². The minimum Gasteiger partial charge on any atom is -0.480 e. The first-order chi connectivity index (χ1) is 6.07. The van der Waals surface area contributed by atoms with E-state index >= 15 is 0 Å². The van der Waals surface area contributed by atoms with Crippen molar-refractivity contribution in [2.24, 2.45) is 5.73 Å². The molecular weight excluding hydrogens is 178 g/mol. The molecule has 0 aromatic carbocycles. The molecule has 0 aliphatic rings. The highest BCUT2D eigenvalue weighted by Gasteiger charge is 2.13. The molecule has 0 saturated carbocycles. The molecule has 0 saturated heterocycles. The van der Waals surface area contributed by atoms with Gasteiger partial charge < -0.3 is 20.7 Å². The van der Waals surface area contributed by atoms with Crippen LogP contribution in [0.15, 0.2) is 0 Å². The van der Waals surface area contributed by atoms with E-state index in [4.69, 9.17) is 15.9 Å². The maximum atomic E-state index is 10.7. The zero-order valence-corrected chi connectivity index (χ0v) is 7.10. The Labute approximate surface area is 75.3 Å². The molecule has 0 unspecified atom stereocenters. The third kappa shape index (κ3) is 6.06. The summed E-state index contributed by atoms with van der Waals surface area (Å²) in [7, 11) is 0. The van der Waals surface area contributed by atoms with Crippen molar-refractivity contribution in [1.29, 1.82) is 0 Å². The minimum atomic E-state index is -1.21. The lowest BCUT2D eigenvalue weighted by Gasteiger charge is -2.07. The molecular formula is C7H13NO5. The highest BCUT2D eigenvalue weighted by atomic mass is 16.5. The normalized spacial score (nSPS) is 12.2. The van der Waals surface area contributed by atoms with Crippen molar-refractivity contribution in [1.82, 2.24) is 0 Å². The van der Waals surface area contributed by atoms with E-state index in [0.717, 1.165) is 0 Å². The number of carbonyl (C=O) groups excluding carboxylic acids is 1. The lowest BCUT2D eigenvalue weighted by molar-refractivity contribution is -0.148. The second-order valence-corrected chi connectivity index (χ2v) is 2.45. The van der Waals surface area contributed by atoms with Gasteiger partial charge in [0.05, 0.1) is 0 Å². The van der Waals surface area contributed by atoms with Crippen molar-refractivity contribution in [3.05, 3.63) is 0 Å². The number of hydrogen-bond donors (Lipinski definition) is 3. The summed E-state index contributed by atoms with van der Waals surface area (Å²) in [6, 6.07) is -1.18. The SMILES string of the molecule is N[C@@H](COC(=O)CCCO)C(=O)O. The van der Waals surface area contributed by atoms with Gasteiger partial charge in [0.1, 0.15) is 12.6 Å². The largest absolute Gasteiger partial charge is 0.480 e. The number of aliphatic hydroxyl groups excluding tert-OH is 1. The maximum absolute atomic E-state index is 10.7. The van der Waals surface area contributed by atoms with Gasteiger partial charge in [-0.25, -0.2) is 0 Å². The first-order valence-electron chi connectivity index (χ1n) is 3.82. The standard InChI is InChI=1S/C7H13NO5/c8-5(7(11)12)4-13-6(10)2-1-3-9/h5,9H,1-4,8H2,(H,11,12)/t5-/m0/s1. The number of esters is 1. The number of aliphatic hydroxyl groups is 1. The molecule has 6 nitrogen and oxygen atoms in total. The molecule has 0 aromatic rings. The average molecular weight is 191 g/mol. The molecule has 0 bridgehead atoms. The van der Waals surface area contributed by atoms with E-state index < -0.39 is 18.0 Å². The highest BCUT2D eigenvalue weighted by molar-refractivity contribution is 5.74. The quantitative estimate of drug-likeness (QED) is 0.451. The molecule has 0 radical (unpaired) electrons. The van der Waals surface area contributed by atoms with Crippen molar-refractivity contribution < 1.29 is 24.5 Å². The van der Waals surface area contributed by atoms with E-state index in [-0.39, 0.29) is 19.6 Å².